The Kier molecular flexibility index (Phi) is 5.19. The Balaban J connectivity index is 1.63. The van der Waals surface area contributed by atoms with E-state index >= 15 is 0 Å². The van der Waals surface area contributed by atoms with Crippen molar-refractivity contribution in [3.8, 4) is 17.1 Å². The maximum Gasteiger partial charge on any atom is 0.219 e. The van der Waals surface area contributed by atoms with Gasteiger partial charge in [-0.25, -0.2) is 14.4 Å². The van der Waals surface area contributed by atoms with E-state index < -0.39 is 0 Å². The van der Waals surface area contributed by atoms with Gasteiger partial charge in [0.25, 0.3) is 0 Å². The van der Waals surface area contributed by atoms with E-state index in [2.05, 4.69) is 0 Å². The highest BCUT2D eigenvalue weighted by molar-refractivity contribution is 5.63. The molecule has 0 aliphatic carbocycles. The molecule has 2 aromatic carbocycles. The molecule has 5 nitrogen and oxygen atoms in total. The van der Waals surface area contributed by atoms with Gasteiger partial charge in [0.05, 0.1) is 17.8 Å². The molecular weight excluding hydrogens is 405 g/mol. The fraction of sp³-hybridized carbons (Fsp3) is 0.154. The molecule has 3 heterocycles. The second kappa shape index (κ2) is 8.30. The van der Waals surface area contributed by atoms with Crippen molar-refractivity contribution in [2.45, 2.75) is 26.2 Å². The van der Waals surface area contributed by atoms with Crippen LogP contribution in [-0.2, 0) is 19.3 Å². The Bertz CT molecular complexity index is 1390. The molecule has 0 saturated heterocycles. The Labute approximate surface area is 184 Å². The van der Waals surface area contributed by atoms with Crippen LogP contribution < -0.4 is 0 Å². The third-order valence-corrected chi connectivity index (χ3v) is 5.46. The normalized spacial score (nSPS) is 11.3. The van der Waals surface area contributed by atoms with E-state index in [0.29, 0.717) is 35.6 Å². The van der Waals surface area contributed by atoms with Crippen molar-refractivity contribution in [3.05, 3.63) is 107 Å². The highest BCUT2D eigenvalue weighted by atomic mass is 19.1. The molecule has 0 fully saturated rings. The SMILES string of the molecule is CCc1ccc(Cc2nc3c(Cc4cccc(F)c4)nc(-c4ccccc4)cn3c2O)o1. The van der Waals surface area contributed by atoms with Crippen LogP contribution in [0.15, 0.2) is 77.3 Å². The molecule has 0 bridgehead atoms. The Morgan fingerprint density at radius 2 is 1.72 bits per heavy atom. The molecule has 160 valence electrons. The summed E-state index contributed by atoms with van der Waals surface area (Å²) in [6.45, 7) is 2.03. The summed E-state index contributed by atoms with van der Waals surface area (Å²) in [5.41, 5.74) is 4.12. The Morgan fingerprint density at radius 1 is 0.906 bits per heavy atom. The van der Waals surface area contributed by atoms with Crippen molar-refractivity contribution in [3.63, 3.8) is 0 Å². The molecule has 0 radical (unpaired) electrons. The number of furan rings is 1. The number of aryl methyl sites for hydroxylation is 1. The Morgan fingerprint density at radius 3 is 2.47 bits per heavy atom. The smallest absolute Gasteiger partial charge is 0.219 e. The van der Waals surface area contributed by atoms with E-state index in [1.165, 1.54) is 12.1 Å². The van der Waals surface area contributed by atoms with E-state index in [0.717, 1.165) is 29.1 Å². The monoisotopic (exact) mass is 427 g/mol. The summed E-state index contributed by atoms with van der Waals surface area (Å²) >= 11 is 0. The van der Waals surface area contributed by atoms with Crippen LogP contribution in [-0.4, -0.2) is 19.5 Å². The topological polar surface area (TPSA) is 63.6 Å². The lowest BCUT2D eigenvalue weighted by Crippen LogP contribution is -2.01. The molecule has 5 aromatic rings. The molecular formula is C26H22FN3O2. The van der Waals surface area contributed by atoms with Crippen LogP contribution in [0.5, 0.6) is 5.88 Å². The molecule has 0 unspecified atom stereocenters. The number of hydrogen-bond donors (Lipinski definition) is 1. The highest BCUT2D eigenvalue weighted by Gasteiger charge is 2.19. The molecule has 0 aliphatic heterocycles. The number of halogens is 1. The van der Waals surface area contributed by atoms with Crippen molar-refractivity contribution in [2.24, 2.45) is 0 Å². The van der Waals surface area contributed by atoms with Gasteiger partial charge in [-0.1, -0.05) is 49.4 Å². The van der Waals surface area contributed by atoms with Crippen LogP contribution >= 0.6 is 0 Å². The molecule has 5 rings (SSSR count). The number of benzene rings is 2. The van der Waals surface area contributed by atoms with Gasteiger partial charge in [0, 0.05) is 24.6 Å². The number of rotatable bonds is 6. The highest BCUT2D eigenvalue weighted by Crippen LogP contribution is 2.28. The van der Waals surface area contributed by atoms with E-state index in [4.69, 9.17) is 14.4 Å². The fourth-order valence-electron chi connectivity index (χ4n) is 3.84. The van der Waals surface area contributed by atoms with E-state index in [1.807, 2.05) is 55.5 Å². The molecule has 0 saturated carbocycles. The number of hydrogen-bond acceptors (Lipinski definition) is 4. The first-order valence-electron chi connectivity index (χ1n) is 10.6. The minimum atomic E-state index is -0.297. The van der Waals surface area contributed by atoms with Gasteiger partial charge in [-0.3, -0.25) is 4.40 Å². The second-order valence-corrected chi connectivity index (χ2v) is 7.72. The van der Waals surface area contributed by atoms with E-state index in [9.17, 15) is 9.50 Å². The summed E-state index contributed by atoms with van der Waals surface area (Å²) in [5, 5.41) is 11.0. The first-order chi connectivity index (χ1) is 15.6. The zero-order chi connectivity index (χ0) is 22.1. The lowest BCUT2D eigenvalue weighted by atomic mass is 10.1. The molecule has 32 heavy (non-hydrogen) atoms. The maximum atomic E-state index is 13.8. The Hall–Kier alpha value is -3.93. The van der Waals surface area contributed by atoms with Gasteiger partial charge in [0.15, 0.2) is 5.65 Å². The molecule has 6 heteroatoms. The molecule has 1 N–H and O–H groups in total. The van der Waals surface area contributed by atoms with Gasteiger partial charge in [0.2, 0.25) is 5.88 Å². The molecule has 0 amide bonds. The van der Waals surface area contributed by atoms with Gasteiger partial charge < -0.3 is 9.52 Å². The zero-order valence-corrected chi connectivity index (χ0v) is 17.6. The predicted molar refractivity (Wildman–Crippen MR) is 120 cm³/mol. The summed E-state index contributed by atoms with van der Waals surface area (Å²) in [6, 6.07) is 20.0. The summed E-state index contributed by atoms with van der Waals surface area (Å²) in [4.78, 5) is 9.53. The first-order valence-corrected chi connectivity index (χ1v) is 10.6. The minimum absolute atomic E-state index is 0.0505. The van der Waals surface area contributed by atoms with Crippen LogP contribution in [0.25, 0.3) is 16.9 Å². The van der Waals surface area contributed by atoms with E-state index in [1.54, 1.807) is 16.7 Å². The average molecular weight is 427 g/mol. The third-order valence-electron chi connectivity index (χ3n) is 5.46. The van der Waals surface area contributed by atoms with Crippen molar-refractivity contribution in [1.82, 2.24) is 14.4 Å². The molecule has 3 aromatic heterocycles. The van der Waals surface area contributed by atoms with Gasteiger partial charge in [-0.15, -0.1) is 0 Å². The number of aromatic nitrogens is 3. The fourth-order valence-corrected chi connectivity index (χ4v) is 3.84. The summed E-state index contributed by atoms with van der Waals surface area (Å²) < 4.78 is 21.2. The van der Waals surface area contributed by atoms with Crippen molar-refractivity contribution >= 4 is 5.65 Å². The van der Waals surface area contributed by atoms with Crippen LogP contribution in [0.2, 0.25) is 0 Å². The number of fused-ring (bicyclic) bond motifs is 1. The minimum Gasteiger partial charge on any atom is -0.493 e. The van der Waals surface area contributed by atoms with Crippen LogP contribution in [0.4, 0.5) is 4.39 Å². The standard InChI is InChI=1S/C26H22FN3O2/c1-2-20-11-12-21(32-20)15-23-26(31)30-16-24(18-8-4-3-5-9-18)28-22(25(30)29-23)14-17-7-6-10-19(27)13-17/h3-13,16,31H,2,14-15H2,1H3. The lowest BCUT2D eigenvalue weighted by Gasteiger charge is -2.08. The molecule has 0 atom stereocenters. The van der Waals surface area contributed by atoms with Crippen LogP contribution in [0.3, 0.4) is 0 Å². The average Bonchev–Trinajstić information content (AvgIpc) is 3.39. The number of aromatic hydroxyl groups is 1. The number of imidazole rings is 1. The van der Waals surface area contributed by atoms with Crippen LogP contribution in [0, 0.1) is 5.82 Å². The maximum absolute atomic E-state index is 13.8. The van der Waals surface area contributed by atoms with Crippen molar-refractivity contribution in [2.75, 3.05) is 0 Å². The van der Waals surface area contributed by atoms with Gasteiger partial charge in [0.1, 0.15) is 23.0 Å². The summed E-state index contributed by atoms with van der Waals surface area (Å²) in [5.74, 6) is 1.38. The number of nitrogens with zero attached hydrogens (tertiary/aromatic N) is 3. The van der Waals surface area contributed by atoms with Crippen LogP contribution in [0.1, 0.15) is 35.4 Å². The lowest BCUT2D eigenvalue weighted by molar-refractivity contribution is 0.435. The van der Waals surface area contributed by atoms with Gasteiger partial charge >= 0.3 is 0 Å². The molecule has 0 aliphatic rings. The largest absolute Gasteiger partial charge is 0.493 e. The molecule has 0 spiro atoms. The van der Waals surface area contributed by atoms with Gasteiger partial charge in [-0.2, -0.15) is 0 Å². The summed E-state index contributed by atoms with van der Waals surface area (Å²) in [6.07, 6.45) is 3.34. The summed E-state index contributed by atoms with van der Waals surface area (Å²) in [7, 11) is 0. The third kappa shape index (κ3) is 3.87. The zero-order valence-electron chi connectivity index (χ0n) is 17.6. The second-order valence-electron chi connectivity index (χ2n) is 7.72. The van der Waals surface area contributed by atoms with Crippen molar-refractivity contribution < 1.29 is 13.9 Å². The van der Waals surface area contributed by atoms with Crippen molar-refractivity contribution in [1.29, 1.82) is 0 Å². The first kappa shape index (κ1) is 20.0. The van der Waals surface area contributed by atoms with Gasteiger partial charge in [-0.05, 0) is 29.8 Å². The van der Waals surface area contributed by atoms with E-state index in [-0.39, 0.29) is 11.7 Å². The quantitative estimate of drug-likeness (QED) is 0.384. The predicted octanol–water partition coefficient (Wildman–Crippen LogP) is 5.58.